The van der Waals surface area contributed by atoms with Crippen molar-refractivity contribution in [3.05, 3.63) is 71.0 Å². The molecule has 4 rings (SSSR count). The normalized spacial score (nSPS) is 18.2. The fraction of sp³-hybridized carbons (Fsp3) is 0.400. The molecule has 0 unspecified atom stereocenters. The Balaban J connectivity index is 1.49. The van der Waals surface area contributed by atoms with Crippen molar-refractivity contribution in [1.29, 1.82) is 0 Å². The highest BCUT2D eigenvalue weighted by Gasteiger charge is 2.38. The van der Waals surface area contributed by atoms with Gasteiger partial charge < -0.3 is 0 Å². The van der Waals surface area contributed by atoms with E-state index in [0.717, 1.165) is 24.8 Å². The number of benzene rings is 3. The van der Waals surface area contributed by atoms with E-state index in [-0.39, 0.29) is 16.3 Å². The van der Waals surface area contributed by atoms with E-state index in [2.05, 4.69) is 18.8 Å². The molecule has 190 valence electrons. The highest BCUT2D eigenvalue weighted by atomic mass is 19.4. The van der Waals surface area contributed by atoms with E-state index >= 15 is 0 Å². The Kier molecular flexibility index (Phi) is 7.97. The van der Waals surface area contributed by atoms with Gasteiger partial charge in [0.1, 0.15) is 23.0 Å². The smallest absolute Gasteiger partial charge is 0.206 e. The van der Waals surface area contributed by atoms with Gasteiger partial charge in [-0.05, 0) is 66.8 Å². The zero-order chi connectivity index (χ0) is 25.9. The Morgan fingerprint density at radius 1 is 0.861 bits per heavy atom. The average Bonchev–Trinajstić information content (AvgIpc) is 2.82. The molecule has 0 atom stereocenters. The number of alkyl halides is 3. The van der Waals surface area contributed by atoms with Gasteiger partial charge in [0.25, 0.3) is 0 Å². The molecule has 1 fully saturated rings. The van der Waals surface area contributed by atoms with Crippen LogP contribution in [0.4, 0.5) is 26.3 Å². The summed E-state index contributed by atoms with van der Waals surface area (Å²) in [5, 5.41) is -0.459. The molecular weight excluding hydrogens is 474 g/mol. The number of rotatable bonds is 5. The van der Waals surface area contributed by atoms with E-state index in [9.17, 15) is 26.3 Å². The van der Waals surface area contributed by atoms with Crippen LogP contribution in [0.3, 0.4) is 0 Å². The molecule has 0 nitrogen and oxygen atoms in total. The van der Waals surface area contributed by atoms with Gasteiger partial charge in [-0.2, -0.15) is 13.2 Å². The number of unbranched alkanes of at least 4 members (excludes halogenated alkanes) is 2. The zero-order valence-corrected chi connectivity index (χ0v) is 20.1. The summed E-state index contributed by atoms with van der Waals surface area (Å²) in [5.74, 6) is 3.50. The molecule has 0 bridgehead atoms. The number of fused-ring (bicyclic) bond motifs is 1. The third kappa shape index (κ3) is 5.88. The predicted molar refractivity (Wildman–Crippen MR) is 131 cm³/mol. The fourth-order valence-electron chi connectivity index (χ4n) is 5.05. The maximum absolute atomic E-state index is 14.9. The maximum Gasteiger partial charge on any atom is 0.422 e. The van der Waals surface area contributed by atoms with Gasteiger partial charge in [0.15, 0.2) is 0 Å². The van der Waals surface area contributed by atoms with Crippen LogP contribution in [0.25, 0.3) is 21.9 Å². The van der Waals surface area contributed by atoms with Crippen LogP contribution in [-0.2, 0) is 6.18 Å². The molecule has 0 saturated heterocycles. The van der Waals surface area contributed by atoms with Crippen molar-refractivity contribution in [2.24, 2.45) is 11.8 Å². The SMILES string of the molecule is CCCCCC1CCC(C#Cc2ccc(-c3ccc4c(F)c(C(F)(F)F)c(F)cc4c3)c(F)c2)CC1. The van der Waals surface area contributed by atoms with Crippen molar-refractivity contribution >= 4 is 10.8 Å². The third-order valence-electron chi connectivity index (χ3n) is 7.08. The Bertz CT molecular complexity index is 1290. The van der Waals surface area contributed by atoms with E-state index < -0.39 is 29.2 Å². The lowest BCUT2D eigenvalue weighted by Gasteiger charge is -2.25. The first-order valence-corrected chi connectivity index (χ1v) is 12.5. The first-order chi connectivity index (χ1) is 17.2. The van der Waals surface area contributed by atoms with Crippen molar-refractivity contribution in [2.45, 2.75) is 64.5 Å². The first kappa shape index (κ1) is 26.1. The molecule has 0 spiro atoms. The first-order valence-electron chi connectivity index (χ1n) is 12.5. The Morgan fingerprint density at radius 2 is 1.61 bits per heavy atom. The summed E-state index contributed by atoms with van der Waals surface area (Å²) in [6.45, 7) is 2.21. The molecule has 3 aromatic carbocycles. The van der Waals surface area contributed by atoms with Crippen molar-refractivity contribution in [2.75, 3.05) is 0 Å². The van der Waals surface area contributed by atoms with Crippen molar-refractivity contribution in [3.8, 4) is 23.0 Å². The van der Waals surface area contributed by atoms with Crippen LogP contribution in [0.1, 0.15) is 69.4 Å². The minimum absolute atomic E-state index is 0.0796. The molecule has 3 aromatic rings. The lowest BCUT2D eigenvalue weighted by Crippen LogP contribution is -2.13. The Hall–Kier alpha value is -2.94. The quantitative estimate of drug-likeness (QED) is 0.185. The summed E-state index contributed by atoms with van der Waals surface area (Å²) in [7, 11) is 0. The van der Waals surface area contributed by atoms with Crippen LogP contribution in [0.15, 0.2) is 42.5 Å². The minimum Gasteiger partial charge on any atom is -0.206 e. The molecule has 1 aliphatic rings. The van der Waals surface area contributed by atoms with Gasteiger partial charge in [0.2, 0.25) is 0 Å². The third-order valence-corrected chi connectivity index (χ3v) is 7.08. The molecule has 36 heavy (non-hydrogen) atoms. The lowest BCUT2D eigenvalue weighted by atomic mass is 9.80. The van der Waals surface area contributed by atoms with E-state index in [4.69, 9.17) is 0 Å². The lowest BCUT2D eigenvalue weighted by molar-refractivity contribution is -0.142. The van der Waals surface area contributed by atoms with E-state index in [1.807, 2.05) is 0 Å². The predicted octanol–water partition coefficient (Wildman–Crippen LogP) is 9.68. The van der Waals surface area contributed by atoms with Crippen LogP contribution in [0.2, 0.25) is 0 Å². The fourth-order valence-corrected chi connectivity index (χ4v) is 5.05. The number of hydrogen-bond acceptors (Lipinski definition) is 0. The molecule has 6 heteroatoms. The summed E-state index contributed by atoms with van der Waals surface area (Å²) in [6.07, 6.45) is 4.43. The molecule has 1 saturated carbocycles. The Morgan fingerprint density at radius 3 is 2.28 bits per heavy atom. The molecule has 1 aliphatic carbocycles. The van der Waals surface area contributed by atoms with Gasteiger partial charge in [-0.1, -0.05) is 62.6 Å². The van der Waals surface area contributed by atoms with Crippen molar-refractivity contribution in [1.82, 2.24) is 0 Å². The molecule has 0 aliphatic heterocycles. The average molecular weight is 503 g/mol. The van der Waals surface area contributed by atoms with Crippen LogP contribution >= 0.6 is 0 Å². The largest absolute Gasteiger partial charge is 0.422 e. The summed E-state index contributed by atoms with van der Waals surface area (Å²) < 4.78 is 82.3. The van der Waals surface area contributed by atoms with E-state index in [1.165, 1.54) is 62.8 Å². The summed E-state index contributed by atoms with van der Waals surface area (Å²) >= 11 is 0. The number of halogens is 6. The standard InChI is InChI=1S/C30H28F6/c1-2-3-4-5-19-6-8-20(9-7-19)10-11-21-12-14-24(26(31)16-21)22-13-15-25-23(17-22)18-27(32)28(29(25)33)30(34,35)36/h12-20H,2-9H2,1H3. The van der Waals surface area contributed by atoms with Gasteiger partial charge in [-0.15, -0.1) is 0 Å². The van der Waals surface area contributed by atoms with Crippen molar-refractivity contribution in [3.63, 3.8) is 0 Å². The minimum atomic E-state index is -5.15. The molecular formula is C30H28F6. The monoisotopic (exact) mass is 502 g/mol. The van der Waals surface area contributed by atoms with E-state index in [1.54, 1.807) is 6.07 Å². The maximum atomic E-state index is 14.9. The number of hydrogen-bond donors (Lipinski definition) is 0. The highest BCUT2D eigenvalue weighted by molar-refractivity contribution is 5.88. The van der Waals surface area contributed by atoms with Crippen LogP contribution in [-0.4, -0.2) is 0 Å². The van der Waals surface area contributed by atoms with Gasteiger partial charge >= 0.3 is 6.18 Å². The molecule has 0 N–H and O–H groups in total. The van der Waals surface area contributed by atoms with Gasteiger partial charge in [0.05, 0.1) is 0 Å². The summed E-state index contributed by atoms with van der Waals surface area (Å²) in [5.41, 5.74) is -0.911. The summed E-state index contributed by atoms with van der Waals surface area (Å²) in [6, 6.07) is 8.87. The second kappa shape index (κ2) is 11.0. The highest BCUT2D eigenvalue weighted by Crippen LogP contribution is 2.38. The van der Waals surface area contributed by atoms with Gasteiger partial charge in [-0.3, -0.25) is 0 Å². The van der Waals surface area contributed by atoms with Crippen LogP contribution in [0.5, 0.6) is 0 Å². The molecule has 0 aromatic heterocycles. The Labute approximate surface area is 207 Å². The molecule has 0 heterocycles. The second-order valence-electron chi connectivity index (χ2n) is 9.66. The van der Waals surface area contributed by atoms with Crippen LogP contribution in [0, 0.1) is 41.1 Å². The van der Waals surface area contributed by atoms with Crippen molar-refractivity contribution < 1.29 is 26.3 Å². The molecule has 0 amide bonds. The molecule has 0 radical (unpaired) electrons. The van der Waals surface area contributed by atoms with Gasteiger partial charge in [0, 0.05) is 22.4 Å². The second-order valence-corrected chi connectivity index (χ2v) is 9.66. The zero-order valence-electron chi connectivity index (χ0n) is 20.1. The topological polar surface area (TPSA) is 0 Å². The van der Waals surface area contributed by atoms with Crippen LogP contribution < -0.4 is 0 Å². The van der Waals surface area contributed by atoms with E-state index in [0.29, 0.717) is 23.1 Å². The van der Waals surface area contributed by atoms with Gasteiger partial charge in [-0.25, -0.2) is 13.2 Å². The summed E-state index contributed by atoms with van der Waals surface area (Å²) in [4.78, 5) is 0.